The van der Waals surface area contributed by atoms with Crippen LogP contribution in [0.2, 0.25) is 0 Å². The molecule has 2 aliphatic rings. The molecular weight excluding hydrogens is 304 g/mol. The van der Waals surface area contributed by atoms with Gasteiger partial charge in [0.15, 0.2) is 0 Å². The lowest BCUT2D eigenvalue weighted by atomic mass is 9.79. The summed E-state index contributed by atoms with van der Waals surface area (Å²) in [6, 6.07) is 4.50. The van der Waals surface area contributed by atoms with E-state index in [0.717, 1.165) is 25.6 Å². The van der Waals surface area contributed by atoms with E-state index in [9.17, 15) is 5.11 Å². The van der Waals surface area contributed by atoms with Crippen molar-refractivity contribution >= 4 is 23.7 Å². The van der Waals surface area contributed by atoms with Crippen LogP contribution in [0.5, 0.6) is 0 Å². The van der Waals surface area contributed by atoms with E-state index in [4.69, 9.17) is 0 Å². The van der Waals surface area contributed by atoms with Gasteiger partial charge in [0, 0.05) is 29.5 Å². The third-order valence-corrected chi connectivity index (χ3v) is 6.03. The molecule has 0 aliphatic carbocycles. The van der Waals surface area contributed by atoms with E-state index in [1.165, 1.54) is 35.7 Å². The first-order chi connectivity index (χ1) is 9.76. The molecule has 0 radical (unpaired) electrons. The summed E-state index contributed by atoms with van der Waals surface area (Å²) in [5.74, 6) is 2.00. The summed E-state index contributed by atoms with van der Waals surface area (Å²) in [7, 11) is 0. The van der Waals surface area contributed by atoms with E-state index < -0.39 is 0 Å². The Hall–Kier alpha value is -0.130. The average molecular weight is 331 g/mol. The first-order valence-electron chi connectivity index (χ1n) is 7.85. The number of halogens is 1. The number of rotatable bonds is 4. The topological polar surface area (TPSA) is 35.5 Å². The predicted octanol–water partition coefficient (Wildman–Crippen LogP) is 2.52. The highest BCUT2D eigenvalue weighted by molar-refractivity contribution is 7.11. The van der Waals surface area contributed by atoms with Crippen LogP contribution in [0, 0.1) is 24.7 Å². The summed E-state index contributed by atoms with van der Waals surface area (Å²) >= 11 is 1.93. The van der Waals surface area contributed by atoms with Crippen molar-refractivity contribution in [2.75, 3.05) is 32.8 Å². The lowest BCUT2D eigenvalue weighted by Crippen LogP contribution is -2.37. The third-order valence-electron chi connectivity index (χ3n) is 5.04. The van der Waals surface area contributed by atoms with Crippen molar-refractivity contribution < 1.29 is 5.11 Å². The molecule has 5 heteroatoms. The Labute approximate surface area is 138 Å². The summed E-state index contributed by atoms with van der Waals surface area (Å²) in [6.45, 7) is 8.22. The van der Waals surface area contributed by atoms with E-state index >= 15 is 0 Å². The lowest BCUT2D eigenvalue weighted by Gasteiger charge is -2.36. The van der Waals surface area contributed by atoms with Gasteiger partial charge in [-0.3, -0.25) is 4.90 Å². The van der Waals surface area contributed by atoms with Gasteiger partial charge in [-0.25, -0.2) is 0 Å². The zero-order chi connectivity index (χ0) is 13.9. The minimum Gasteiger partial charge on any atom is -0.396 e. The number of thiophene rings is 1. The molecule has 120 valence electrons. The van der Waals surface area contributed by atoms with Crippen LogP contribution in [0.15, 0.2) is 12.1 Å². The maximum Gasteiger partial charge on any atom is 0.0474 e. The van der Waals surface area contributed by atoms with Gasteiger partial charge in [-0.1, -0.05) is 0 Å². The number of piperidine rings is 1. The molecule has 21 heavy (non-hydrogen) atoms. The number of likely N-dealkylation sites (tertiary alicyclic amines) is 1. The Morgan fingerprint density at radius 3 is 2.67 bits per heavy atom. The zero-order valence-electron chi connectivity index (χ0n) is 12.8. The number of aliphatic hydroxyl groups is 1. The van der Waals surface area contributed by atoms with Crippen LogP contribution in [0.3, 0.4) is 0 Å². The van der Waals surface area contributed by atoms with Crippen molar-refractivity contribution in [3.63, 3.8) is 0 Å². The summed E-state index contributed by atoms with van der Waals surface area (Å²) in [4.78, 5) is 5.51. The fourth-order valence-electron chi connectivity index (χ4n) is 3.83. The van der Waals surface area contributed by atoms with Crippen LogP contribution < -0.4 is 5.32 Å². The van der Waals surface area contributed by atoms with E-state index in [1.807, 2.05) is 11.3 Å². The van der Waals surface area contributed by atoms with Crippen molar-refractivity contribution in [2.45, 2.75) is 26.3 Å². The van der Waals surface area contributed by atoms with Gasteiger partial charge in [-0.2, -0.15) is 0 Å². The summed E-state index contributed by atoms with van der Waals surface area (Å²) in [6.07, 6.45) is 2.60. The molecule has 0 unspecified atom stereocenters. The second-order valence-corrected chi connectivity index (χ2v) is 7.76. The molecule has 2 atom stereocenters. The first kappa shape index (κ1) is 17.2. The van der Waals surface area contributed by atoms with Gasteiger partial charge in [0.2, 0.25) is 0 Å². The van der Waals surface area contributed by atoms with Crippen molar-refractivity contribution in [2.24, 2.45) is 17.8 Å². The molecule has 0 aromatic carbocycles. The molecule has 3 heterocycles. The van der Waals surface area contributed by atoms with Crippen molar-refractivity contribution in [1.82, 2.24) is 10.2 Å². The minimum absolute atomic E-state index is 0. The third kappa shape index (κ3) is 4.20. The molecule has 2 saturated heterocycles. The van der Waals surface area contributed by atoms with E-state index in [0.29, 0.717) is 18.4 Å². The molecule has 0 amide bonds. The van der Waals surface area contributed by atoms with E-state index in [2.05, 4.69) is 29.3 Å². The van der Waals surface area contributed by atoms with Gasteiger partial charge in [-0.15, -0.1) is 23.7 Å². The maximum atomic E-state index is 9.47. The van der Waals surface area contributed by atoms with Crippen LogP contribution in [-0.2, 0) is 6.54 Å². The standard InChI is InChI=1S/C16H26N2OS.ClH/c1-12-2-3-15(20-12)10-18-6-4-13(5-7-18)16-9-17-8-14(16)11-19;/h2-3,13-14,16-17,19H,4-11H2,1H3;1H/t14-,16-;/m0./s1. The Balaban J connectivity index is 0.00000161. The summed E-state index contributed by atoms with van der Waals surface area (Å²) in [5, 5.41) is 12.9. The molecule has 2 N–H and O–H groups in total. The Kier molecular flexibility index (Phi) is 6.51. The molecule has 1 aromatic rings. The summed E-state index contributed by atoms with van der Waals surface area (Å²) < 4.78 is 0. The highest BCUT2D eigenvalue weighted by atomic mass is 35.5. The molecule has 0 bridgehead atoms. The Bertz CT molecular complexity index is 432. The highest BCUT2D eigenvalue weighted by Gasteiger charge is 2.34. The van der Waals surface area contributed by atoms with Crippen molar-refractivity contribution in [3.8, 4) is 0 Å². The smallest absolute Gasteiger partial charge is 0.0474 e. The van der Waals surface area contributed by atoms with Crippen LogP contribution in [0.25, 0.3) is 0 Å². The van der Waals surface area contributed by atoms with Gasteiger partial charge < -0.3 is 10.4 Å². The van der Waals surface area contributed by atoms with Crippen LogP contribution in [0.1, 0.15) is 22.6 Å². The molecule has 3 rings (SSSR count). The average Bonchev–Trinajstić information content (AvgIpc) is 3.08. The minimum atomic E-state index is 0. The lowest BCUT2D eigenvalue weighted by molar-refractivity contribution is 0.108. The van der Waals surface area contributed by atoms with Crippen LogP contribution >= 0.6 is 23.7 Å². The van der Waals surface area contributed by atoms with E-state index in [1.54, 1.807) is 0 Å². The predicted molar refractivity (Wildman–Crippen MR) is 91.2 cm³/mol. The Morgan fingerprint density at radius 1 is 1.29 bits per heavy atom. The molecule has 1 aromatic heterocycles. The van der Waals surface area contributed by atoms with Gasteiger partial charge in [-0.05, 0) is 69.3 Å². The van der Waals surface area contributed by atoms with Crippen LogP contribution in [0.4, 0.5) is 0 Å². The van der Waals surface area contributed by atoms with Crippen molar-refractivity contribution in [3.05, 3.63) is 21.9 Å². The SMILES string of the molecule is Cc1ccc(CN2CCC([C@@H]3CNC[C@H]3CO)CC2)s1.Cl. The number of hydrogen-bond donors (Lipinski definition) is 2. The molecule has 2 fully saturated rings. The van der Waals surface area contributed by atoms with Gasteiger partial charge in [0.1, 0.15) is 0 Å². The van der Waals surface area contributed by atoms with E-state index in [-0.39, 0.29) is 12.4 Å². The van der Waals surface area contributed by atoms with Crippen molar-refractivity contribution in [1.29, 1.82) is 0 Å². The first-order valence-corrected chi connectivity index (χ1v) is 8.67. The number of hydrogen-bond acceptors (Lipinski definition) is 4. The van der Waals surface area contributed by atoms with Gasteiger partial charge in [0.25, 0.3) is 0 Å². The quantitative estimate of drug-likeness (QED) is 0.890. The molecular formula is C16H27ClN2OS. The number of aliphatic hydroxyl groups excluding tert-OH is 1. The number of aryl methyl sites for hydroxylation is 1. The highest BCUT2D eigenvalue weighted by Crippen LogP contribution is 2.33. The van der Waals surface area contributed by atoms with Gasteiger partial charge >= 0.3 is 0 Å². The zero-order valence-corrected chi connectivity index (χ0v) is 14.4. The number of nitrogens with zero attached hydrogens (tertiary/aromatic N) is 1. The maximum absolute atomic E-state index is 9.47. The summed E-state index contributed by atoms with van der Waals surface area (Å²) in [5.41, 5.74) is 0. The molecule has 0 spiro atoms. The monoisotopic (exact) mass is 330 g/mol. The van der Waals surface area contributed by atoms with Crippen LogP contribution in [-0.4, -0.2) is 42.8 Å². The second-order valence-electron chi connectivity index (χ2n) is 6.39. The molecule has 2 aliphatic heterocycles. The largest absolute Gasteiger partial charge is 0.396 e. The van der Waals surface area contributed by atoms with Gasteiger partial charge in [0.05, 0.1) is 0 Å². The normalized spacial score (nSPS) is 27.7. The molecule has 3 nitrogen and oxygen atoms in total. The molecule has 0 saturated carbocycles. The fraction of sp³-hybridized carbons (Fsp3) is 0.750. The second kappa shape index (κ2) is 7.93. The number of nitrogens with one attached hydrogen (secondary N) is 1. The fourth-order valence-corrected chi connectivity index (χ4v) is 4.77. The Morgan fingerprint density at radius 2 is 2.05 bits per heavy atom.